The van der Waals surface area contributed by atoms with Crippen molar-refractivity contribution in [3.63, 3.8) is 0 Å². The Bertz CT molecular complexity index is 240. The van der Waals surface area contributed by atoms with Gasteiger partial charge in [-0.2, -0.15) is 0 Å². The molecule has 0 saturated heterocycles. The van der Waals surface area contributed by atoms with Crippen LogP contribution in [0.5, 0.6) is 0 Å². The van der Waals surface area contributed by atoms with Crippen molar-refractivity contribution in [1.29, 1.82) is 0 Å². The van der Waals surface area contributed by atoms with E-state index in [9.17, 15) is 0 Å². The van der Waals surface area contributed by atoms with Crippen LogP contribution in [0.15, 0.2) is 10.5 Å². The summed E-state index contributed by atoms with van der Waals surface area (Å²) in [6.07, 6.45) is 0. The summed E-state index contributed by atoms with van der Waals surface area (Å²) in [6.45, 7) is 6.09. The fraction of sp³-hybridized carbons (Fsp3) is 0.556. The van der Waals surface area contributed by atoms with Gasteiger partial charge < -0.3 is 9.73 Å². The fourth-order valence-electron chi connectivity index (χ4n) is 1.24. The molecule has 0 saturated carbocycles. The molecule has 0 aliphatic carbocycles. The molecule has 0 aliphatic rings. The van der Waals surface area contributed by atoms with Crippen LogP contribution in [-0.4, -0.2) is 7.05 Å². The second kappa shape index (κ2) is 3.09. The van der Waals surface area contributed by atoms with Gasteiger partial charge in [0.05, 0.1) is 0 Å². The van der Waals surface area contributed by atoms with E-state index in [1.54, 1.807) is 0 Å². The largest absolute Gasteiger partial charge is 0.466 e. The van der Waals surface area contributed by atoms with E-state index in [-0.39, 0.29) is 0 Å². The third-order valence-corrected chi connectivity index (χ3v) is 1.98. The molecule has 1 heterocycles. The molecule has 2 heteroatoms. The van der Waals surface area contributed by atoms with Crippen LogP contribution in [0.25, 0.3) is 0 Å². The molecule has 1 aromatic rings. The van der Waals surface area contributed by atoms with Crippen LogP contribution >= 0.6 is 0 Å². The molecule has 11 heavy (non-hydrogen) atoms. The Morgan fingerprint density at radius 1 is 1.45 bits per heavy atom. The molecule has 62 valence electrons. The van der Waals surface area contributed by atoms with Crippen molar-refractivity contribution in [3.8, 4) is 0 Å². The lowest BCUT2D eigenvalue weighted by molar-refractivity contribution is 0.495. The average molecular weight is 153 g/mol. The maximum atomic E-state index is 5.40. The Morgan fingerprint density at radius 2 is 2.09 bits per heavy atom. The lowest BCUT2D eigenvalue weighted by Crippen LogP contribution is -2.12. The van der Waals surface area contributed by atoms with Crippen molar-refractivity contribution >= 4 is 0 Å². The van der Waals surface area contributed by atoms with E-state index in [1.165, 1.54) is 5.56 Å². The highest BCUT2D eigenvalue weighted by molar-refractivity contribution is 5.23. The van der Waals surface area contributed by atoms with Crippen molar-refractivity contribution in [3.05, 3.63) is 23.2 Å². The summed E-state index contributed by atoms with van der Waals surface area (Å²) in [4.78, 5) is 0. The van der Waals surface area contributed by atoms with E-state index in [2.05, 4.69) is 18.3 Å². The van der Waals surface area contributed by atoms with Crippen molar-refractivity contribution in [2.24, 2.45) is 0 Å². The first-order chi connectivity index (χ1) is 5.15. The van der Waals surface area contributed by atoms with Crippen LogP contribution in [0.4, 0.5) is 0 Å². The second-order valence-electron chi connectivity index (χ2n) is 2.88. The van der Waals surface area contributed by atoms with Crippen LogP contribution in [0.3, 0.4) is 0 Å². The standard InChI is InChI=1S/C9H15NO/c1-6-5-9(7(2)10-4)8(3)11-6/h5,7,10H,1-4H3. The van der Waals surface area contributed by atoms with Gasteiger partial charge in [0.25, 0.3) is 0 Å². The molecule has 0 aromatic carbocycles. The van der Waals surface area contributed by atoms with E-state index in [0.29, 0.717) is 6.04 Å². The zero-order chi connectivity index (χ0) is 8.43. The third kappa shape index (κ3) is 1.63. The number of hydrogen-bond acceptors (Lipinski definition) is 2. The molecule has 0 amide bonds. The SMILES string of the molecule is CNC(C)c1cc(C)oc1C. The normalized spacial score (nSPS) is 13.5. The van der Waals surface area contributed by atoms with Gasteiger partial charge in [-0.25, -0.2) is 0 Å². The van der Waals surface area contributed by atoms with Gasteiger partial charge in [0.1, 0.15) is 11.5 Å². The van der Waals surface area contributed by atoms with Gasteiger partial charge in [0.15, 0.2) is 0 Å². The molecule has 2 nitrogen and oxygen atoms in total. The van der Waals surface area contributed by atoms with E-state index in [0.717, 1.165) is 11.5 Å². The molecule has 1 unspecified atom stereocenters. The van der Waals surface area contributed by atoms with Crippen molar-refractivity contribution < 1.29 is 4.42 Å². The van der Waals surface area contributed by atoms with Crippen molar-refractivity contribution in [2.45, 2.75) is 26.8 Å². The Morgan fingerprint density at radius 3 is 2.45 bits per heavy atom. The highest BCUT2D eigenvalue weighted by Crippen LogP contribution is 2.20. The molecule has 0 bridgehead atoms. The van der Waals surface area contributed by atoms with Gasteiger partial charge in [0, 0.05) is 11.6 Å². The van der Waals surface area contributed by atoms with E-state index < -0.39 is 0 Å². The van der Waals surface area contributed by atoms with Crippen LogP contribution in [0.1, 0.15) is 30.0 Å². The number of furan rings is 1. The minimum absolute atomic E-state index is 0.382. The van der Waals surface area contributed by atoms with Crippen LogP contribution in [-0.2, 0) is 0 Å². The third-order valence-electron chi connectivity index (χ3n) is 1.98. The lowest BCUT2D eigenvalue weighted by Gasteiger charge is -2.07. The predicted octanol–water partition coefficient (Wildman–Crippen LogP) is 2.18. The maximum absolute atomic E-state index is 5.40. The number of aryl methyl sites for hydroxylation is 2. The Hall–Kier alpha value is -0.760. The molecule has 1 atom stereocenters. The van der Waals surface area contributed by atoms with Gasteiger partial charge in [-0.05, 0) is 33.9 Å². The Labute approximate surface area is 67.6 Å². The van der Waals surface area contributed by atoms with Crippen molar-refractivity contribution in [1.82, 2.24) is 5.32 Å². The van der Waals surface area contributed by atoms with Crippen LogP contribution in [0.2, 0.25) is 0 Å². The highest BCUT2D eigenvalue weighted by Gasteiger charge is 2.09. The van der Waals surface area contributed by atoms with Crippen LogP contribution < -0.4 is 5.32 Å². The Kier molecular flexibility index (Phi) is 2.35. The summed E-state index contributed by atoms with van der Waals surface area (Å²) in [6, 6.07) is 2.46. The molecular weight excluding hydrogens is 138 g/mol. The topological polar surface area (TPSA) is 25.2 Å². The Balaban J connectivity index is 2.93. The lowest BCUT2D eigenvalue weighted by atomic mass is 10.1. The molecule has 0 aliphatic heterocycles. The predicted molar refractivity (Wildman–Crippen MR) is 45.7 cm³/mol. The minimum atomic E-state index is 0.382. The summed E-state index contributed by atoms with van der Waals surface area (Å²) in [5.74, 6) is 2.00. The molecule has 0 fully saturated rings. The highest BCUT2D eigenvalue weighted by atomic mass is 16.3. The molecule has 0 radical (unpaired) electrons. The van der Waals surface area contributed by atoms with E-state index in [1.807, 2.05) is 20.9 Å². The monoisotopic (exact) mass is 153 g/mol. The first-order valence-corrected chi connectivity index (χ1v) is 3.89. The zero-order valence-electron chi connectivity index (χ0n) is 7.56. The van der Waals surface area contributed by atoms with Crippen molar-refractivity contribution in [2.75, 3.05) is 7.05 Å². The van der Waals surface area contributed by atoms with Gasteiger partial charge in [-0.15, -0.1) is 0 Å². The summed E-state index contributed by atoms with van der Waals surface area (Å²) in [7, 11) is 1.95. The number of rotatable bonds is 2. The molecule has 1 rings (SSSR count). The fourth-order valence-corrected chi connectivity index (χ4v) is 1.24. The number of hydrogen-bond donors (Lipinski definition) is 1. The van der Waals surface area contributed by atoms with E-state index >= 15 is 0 Å². The average Bonchev–Trinajstić information content (AvgIpc) is 2.28. The summed E-state index contributed by atoms with van der Waals surface area (Å²) < 4.78 is 5.40. The van der Waals surface area contributed by atoms with Gasteiger partial charge in [0.2, 0.25) is 0 Å². The molecule has 1 aromatic heterocycles. The van der Waals surface area contributed by atoms with E-state index in [4.69, 9.17) is 4.42 Å². The molecule has 0 spiro atoms. The summed E-state index contributed by atoms with van der Waals surface area (Å²) in [5, 5.41) is 3.18. The summed E-state index contributed by atoms with van der Waals surface area (Å²) in [5.41, 5.74) is 1.25. The van der Waals surface area contributed by atoms with Crippen LogP contribution in [0, 0.1) is 13.8 Å². The zero-order valence-corrected chi connectivity index (χ0v) is 7.56. The molecule has 1 N–H and O–H groups in total. The first kappa shape index (κ1) is 8.34. The molecular formula is C9H15NO. The minimum Gasteiger partial charge on any atom is -0.466 e. The number of nitrogens with one attached hydrogen (secondary N) is 1. The van der Waals surface area contributed by atoms with Gasteiger partial charge in [-0.1, -0.05) is 0 Å². The smallest absolute Gasteiger partial charge is 0.105 e. The second-order valence-corrected chi connectivity index (χ2v) is 2.88. The quantitative estimate of drug-likeness (QED) is 0.704. The first-order valence-electron chi connectivity index (χ1n) is 3.89. The summed E-state index contributed by atoms with van der Waals surface area (Å²) >= 11 is 0. The maximum Gasteiger partial charge on any atom is 0.105 e. The van der Waals surface area contributed by atoms with Gasteiger partial charge >= 0.3 is 0 Å². The van der Waals surface area contributed by atoms with Gasteiger partial charge in [-0.3, -0.25) is 0 Å².